The lowest BCUT2D eigenvalue weighted by molar-refractivity contribution is 0.0301. The zero-order chi connectivity index (χ0) is 18.8. The van der Waals surface area contributed by atoms with E-state index in [1.165, 1.54) is 10.8 Å². The van der Waals surface area contributed by atoms with E-state index in [1.807, 2.05) is 18.2 Å². The highest BCUT2D eigenvalue weighted by atomic mass is 35.5. The molecule has 0 saturated carbocycles. The van der Waals surface area contributed by atoms with Gasteiger partial charge in [0.1, 0.15) is 5.52 Å². The fourth-order valence-electron chi connectivity index (χ4n) is 2.89. The summed E-state index contributed by atoms with van der Waals surface area (Å²) in [6, 6.07) is 5.58. The van der Waals surface area contributed by atoms with Gasteiger partial charge in [0.25, 0.3) is 5.56 Å². The van der Waals surface area contributed by atoms with Gasteiger partial charge >= 0.3 is 0 Å². The minimum atomic E-state index is -0.330. The molecule has 0 bridgehead atoms. The van der Waals surface area contributed by atoms with E-state index in [-0.39, 0.29) is 35.0 Å². The van der Waals surface area contributed by atoms with Crippen LogP contribution in [0.3, 0.4) is 0 Å². The number of ether oxygens (including phenoxy) is 2. The predicted octanol–water partition coefficient (Wildman–Crippen LogP) is 1.17. The Labute approximate surface area is 159 Å². The zero-order valence-corrected chi connectivity index (χ0v) is 15.1. The first-order chi connectivity index (χ1) is 13.1. The number of halogens is 1. The van der Waals surface area contributed by atoms with Gasteiger partial charge in [-0.1, -0.05) is 17.7 Å². The Bertz CT molecular complexity index is 1030. The quantitative estimate of drug-likeness (QED) is 0.647. The summed E-state index contributed by atoms with van der Waals surface area (Å²) in [7, 11) is 0. The van der Waals surface area contributed by atoms with Gasteiger partial charge in [0.2, 0.25) is 5.95 Å². The molecular formula is C17H17ClN6O3. The zero-order valence-electron chi connectivity index (χ0n) is 14.3. The molecular weight excluding hydrogens is 372 g/mol. The third kappa shape index (κ3) is 3.90. The smallest absolute Gasteiger partial charge is 0.271 e. The molecule has 0 aliphatic carbocycles. The van der Waals surface area contributed by atoms with Crippen molar-refractivity contribution in [2.24, 2.45) is 0 Å². The number of fused-ring (bicyclic) bond motifs is 1. The lowest BCUT2D eigenvalue weighted by Gasteiger charge is -2.12. The highest BCUT2D eigenvalue weighted by molar-refractivity contribution is 6.33. The maximum Gasteiger partial charge on any atom is 0.271 e. The van der Waals surface area contributed by atoms with E-state index in [4.69, 9.17) is 26.8 Å². The second-order valence-electron chi connectivity index (χ2n) is 6.14. The predicted molar refractivity (Wildman–Crippen MR) is 98.4 cm³/mol. The highest BCUT2D eigenvalue weighted by Crippen LogP contribution is 2.18. The van der Waals surface area contributed by atoms with Crippen LogP contribution in [0.4, 0.5) is 5.95 Å². The standard InChI is InChI=1S/C17H17ClN6O3/c18-15-14-16(23-17(19)22-15)24(13(25)6-20-14)7-10-2-1-3-11(21-10)8-27-12-4-5-26-9-12/h1-3,6,12H,4-5,7-9H2,(H2,19,22,23)/t12-/m0/s1. The van der Waals surface area contributed by atoms with Crippen LogP contribution in [0.2, 0.25) is 5.15 Å². The molecule has 0 unspecified atom stereocenters. The van der Waals surface area contributed by atoms with Crippen LogP contribution in [0, 0.1) is 0 Å². The summed E-state index contributed by atoms with van der Waals surface area (Å²) in [5.41, 5.74) is 7.38. The normalized spacial score (nSPS) is 16.9. The maximum absolute atomic E-state index is 12.3. The number of hydrogen-bond acceptors (Lipinski definition) is 8. The van der Waals surface area contributed by atoms with Gasteiger partial charge in [-0.05, 0) is 18.6 Å². The van der Waals surface area contributed by atoms with Crippen molar-refractivity contribution in [2.45, 2.75) is 25.7 Å². The van der Waals surface area contributed by atoms with Gasteiger partial charge in [-0.25, -0.2) is 4.98 Å². The van der Waals surface area contributed by atoms with Gasteiger partial charge in [-0.15, -0.1) is 0 Å². The average Bonchev–Trinajstić information content (AvgIpc) is 3.16. The Morgan fingerprint density at radius 3 is 2.96 bits per heavy atom. The average molecular weight is 389 g/mol. The van der Waals surface area contributed by atoms with E-state index in [1.54, 1.807) is 0 Å². The summed E-state index contributed by atoms with van der Waals surface area (Å²) < 4.78 is 12.5. The van der Waals surface area contributed by atoms with Crippen LogP contribution in [0.5, 0.6) is 0 Å². The van der Waals surface area contributed by atoms with Crippen molar-refractivity contribution in [1.29, 1.82) is 0 Å². The molecule has 1 atom stereocenters. The van der Waals surface area contributed by atoms with E-state index in [2.05, 4.69) is 19.9 Å². The molecule has 0 radical (unpaired) electrons. The molecule has 1 saturated heterocycles. The summed E-state index contributed by atoms with van der Waals surface area (Å²) in [5.74, 6) is -0.0254. The number of pyridine rings is 1. The van der Waals surface area contributed by atoms with Crippen molar-refractivity contribution in [1.82, 2.24) is 24.5 Å². The highest BCUT2D eigenvalue weighted by Gasteiger charge is 2.16. The van der Waals surface area contributed by atoms with Crippen LogP contribution in [0.15, 0.2) is 29.2 Å². The molecule has 1 fully saturated rings. The van der Waals surface area contributed by atoms with Crippen LogP contribution < -0.4 is 11.3 Å². The van der Waals surface area contributed by atoms with E-state index < -0.39 is 0 Å². The van der Waals surface area contributed by atoms with Crippen molar-refractivity contribution in [3.8, 4) is 0 Å². The molecule has 1 aliphatic rings. The van der Waals surface area contributed by atoms with Crippen molar-refractivity contribution < 1.29 is 9.47 Å². The molecule has 0 spiro atoms. The molecule has 9 nitrogen and oxygen atoms in total. The third-order valence-electron chi connectivity index (χ3n) is 4.21. The summed E-state index contributed by atoms with van der Waals surface area (Å²) in [5, 5.41) is 0.0974. The van der Waals surface area contributed by atoms with E-state index >= 15 is 0 Å². The molecule has 1 aliphatic heterocycles. The van der Waals surface area contributed by atoms with Crippen LogP contribution in [-0.2, 0) is 22.6 Å². The molecule has 3 aromatic heterocycles. The first kappa shape index (κ1) is 17.8. The largest absolute Gasteiger partial charge is 0.379 e. The number of aromatic nitrogens is 5. The molecule has 2 N–H and O–H groups in total. The molecule has 4 heterocycles. The minimum absolute atomic E-state index is 0.0254. The van der Waals surface area contributed by atoms with Gasteiger partial charge in [-0.3, -0.25) is 14.3 Å². The number of anilines is 1. The maximum atomic E-state index is 12.3. The first-order valence-electron chi connectivity index (χ1n) is 8.43. The number of nitrogens with zero attached hydrogens (tertiary/aromatic N) is 5. The third-order valence-corrected chi connectivity index (χ3v) is 4.47. The Hall–Kier alpha value is -2.62. The molecule has 10 heteroatoms. The number of rotatable bonds is 5. The summed E-state index contributed by atoms with van der Waals surface area (Å²) in [4.78, 5) is 28.9. The Kier molecular flexibility index (Phi) is 4.97. The SMILES string of the molecule is Nc1nc(Cl)c2ncc(=O)n(Cc3cccc(CO[C@H]4CCOC4)n3)c2n1. The van der Waals surface area contributed by atoms with Crippen LogP contribution in [0.25, 0.3) is 11.2 Å². The second kappa shape index (κ2) is 7.55. The topological polar surface area (TPSA) is 118 Å². The van der Waals surface area contributed by atoms with Crippen molar-refractivity contribution >= 4 is 28.7 Å². The molecule has 27 heavy (non-hydrogen) atoms. The van der Waals surface area contributed by atoms with Gasteiger partial charge < -0.3 is 15.2 Å². The van der Waals surface area contributed by atoms with E-state index in [0.717, 1.165) is 18.7 Å². The first-order valence-corrected chi connectivity index (χ1v) is 8.80. The Morgan fingerprint density at radius 2 is 2.15 bits per heavy atom. The summed E-state index contributed by atoms with van der Waals surface area (Å²) in [6.07, 6.45) is 2.17. The number of nitrogens with two attached hydrogens (primary N) is 1. The molecule has 140 valence electrons. The van der Waals surface area contributed by atoms with Gasteiger partial charge in [0, 0.05) is 6.61 Å². The molecule has 0 amide bonds. The number of hydrogen-bond donors (Lipinski definition) is 1. The van der Waals surface area contributed by atoms with Gasteiger partial charge in [-0.2, -0.15) is 9.97 Å². The molecule has 3 aromatic rings. The molecule has 4 rings (SSSR count). The van der Waals surface area contributed by atoms with Crippen molar-refractivity contribution in [3.63, 3.8) is 0 Å². The van der Waals surface area contributed by atoms with E-state index in [0.29, 0.717) is 24.4 Å². The Balaban J connectivity index is 1.61. The van der Waals surface area contributed by atoms with Crippen molar-refractivity contribution in [3.05, 3.63) is 51.3 Å². The van der Waals surface area contributed by atoms with Gasteiger partial charge in [0.05, 0.1) is 43.4 Å². The van der Waals surface area contributed by atoms with Crippen LogP contribution in [-0.4, -0.2) is 43.8 Å². The van der Waals surface area contributed by atoms with Crippen LogP contribution >= 0.6 is 11.6 Å². The minimum Gasteiger partial charge on any atom is -0.379 e. The van der Waals surface area contributed by atoms with Gasteiger partial charge in [0.15, 0.2) is 10.8 Å². The van der Waals surface area contributed by atoms with E-state index in [9.17, 15) is 4.79 Å². The lowest BCUT2D eigenvalue weighted by Crippen LogP contribution is -2.23. The van der Waals surface area contributed by atoms with Crippen molar-refractivity contribution in [2.75, 3.05) is 18.9 Å². The fourth-order valence-corrected chi connectivity index (χ4v) is 3.11. The Morgan fingerprint density at radius 1 is 1.30 bits per heavy atom. The fraction of sp³-hybridized carbons (Fsp3) is 0.353. The lowest BCUT2D eigenvalue weighted by atomic mass is 10.3. The van der Waals surface area contributed by atoms with Crippen LogP contribution in [0.1, 0.15) is 17.8 Å². The number of nitrogen functional groups attached to an aromatic ring is 1. The molecule has 0 aromatic carbocycles. The summed E-state index contributed by atoms with van der Waals surface area (Å²) in [6.45, 7) is 1.92. The second-order valence-corrected chi connectivity index (χ2v) is 6.50. The monoisotopic (exact) mass is 388 g/mol. The summed E-state index contributed by atoms with van der Waals surface area (Å²) >= 11 is 6.07.